The molecule has 2 atom stereocenters. The van der Waals surface area contributed by atoms with Crippen molar-refractivity contribution in [3.63, 3.8) is 0 Å². The number of fused-ring (bicyclic) bond motifs is 1. The van der Waals surface area contributed by atoms with Crippen LogP contribution in [0.15, 0.2) is 77.7 Å². The average molecular weight is 320 g/mol. The number of ether oxygens (including phenoxy) is 1. The van der Waals surface area contributed by atoms with Gasteiger partial charge in [0.2, 0.25) is 0 Å². The summed E-state index contributed by atoms with van der Waals surface area (Å²) in [4.78, 5) is 1.36. The first kappa shape index (κ1) is 14.8. The van der Waals surface area contributed by atoms with Gasteiger partial charge in [0.15, 0.2) is 0 Å². The Kier molecular flexibility index (Phi) is 4.36. The third-order valence-electron chi connectivity index (χ3n) is 4.43. The number of hydrogen-bond donors (Lipinski definition) is 0. The van der Waals surface area contributed by atoms with Gasteiger partial charge in [0.25, 0.3) is 0 Å². The van der Waals surface area contributed by atoms with Crippen LogP contribution in [0.25, 0.3) is 10.8 Å². The zero-order valence-corrected chi connectivity index (χ0v) is 13.8. The summed E-state index contributed by atoms with van der Waals surface area (Å²) in [6.45, 7) is 0.849. The Morgan fingerprint density at radius 1 is 0.826 bits per heavy atom. The van der Waals surface area contributed by atoms with E-state index in [-0.39, 0.29) is 6.10 Å². The Balaban J connectivity index is 1.51. The van der Waals surface area contributed by atoms with Crippen LogP contribution in [0.2, 0.25) is 0 Å². The molecular formula is C21H20OS. The van der Waals surface area contributed by atoms with Crippen molar-refractivity contribution >= 4 is 22.5 Å². The molecule has 0 spiro atoms. The molecular weight excluding hydrogens is 300 g/mol. The van der Waals surface area contributed by atoms with Crippen molar-refractivity contribution in [1.29, 1.82) is 0 Å². The first-order chi connectivity index (χ1) is 11.4. The molecule has 3 aromatic carbocycles. The van der Waals surface area contributed by atoms with Crippen LogP contribution in [-0.4, -0.2) is 11.9 Å². The molecule has 1 aliphatic heterocycles. The van der Waals surface area contributed by atoms with Gasteiger partial charge in [-0.25, -0.2) is 0 Å². The predicted octanol–water partition coefficient (Wildman–Crippen LogP) is 5.85. The summed E-state index contributed by atoms with van der Waals surface area (Å²) in [5.41, 5.74) is 1.31. The zero-order valence-electron chi connectivity index (χ0n) is 13.0. The molecule has 1 aliphatic rings. The van der Waals surface area contributed by atoms with E-state index in [2.05, 4.69) is 72.8 Å². The minimum atomic E-state index is 0.217. The SMILES string of the molecule is c1ccc(S[C@H]2CCO[C@@H](c3ccc4ccccc4c3)C2)cc1. The first-order valence-electron chi connectivity index (χ1n) is 8.20. The van der Waals surface area contributed by atoms with Gasteiger partial charge >= 0.3 is 0 Å². The molecule has 2 heteroatoms. The Hall–Kier alpha value is -1.77. The second-order valence-electron chi connectivity index (χ2n) is 6.04. The molecule has 0 aromatic heterocycles. The third kappa shape index (κ3) is 3.44. The fourth-order valence-electron chi connectivity index (χ4n) is 3.21. The topological polar surface area (TPSA) is 9.23 Å². The maximum absolute atomic E-state index is 6.07. The molecule has 4 rings (SSSR count). The molecule has 116 valence electrons. The highest BCUT2D eigenvalue weighted by molar-refractivity contribution is 8.00. The number of benzene rings is 3. The Bertz CT molecular complexity index is 784. The Morgan fingerprint density at radius 2 is 1.61 bits per heavy atom. The largest absolute Gasteiger partial charge is 0.373 e. The maximum atomic E-state index is 6.07. The van der Waals surface area contributed by atoms with E-state index in [1.807, 2.05) is 11.8 Å². The second-order valence-corrected chi connectivity index (χ2v) is 7.42. The summed E-state index contributed by atoms with van der Waals surface area (Å²) in [5, 5.41) is 3.22. The van der Waals surface area contributed by atoms with Gasteiger partial charge in [-0.15, -0.1) is 11.8 Å². The number of thioether (sulfide) groups is 1. The molecule has 0 aliphatic carbocycles. The highest BCUT2D eigenvalue weighted by Gasteiger charge is 2.24. The van der Waals surface area contributed by atoms with E-state index in [9.17, 15) is 0 Å². The molecule has 0 N–H and O–H groups in total. The van der Waals surface area contributed by atoms with Crippen molar-refractivity contribution in [2.45, 2.75) is 29.1 Å². The van der Waals surface area contributed by atoms with E-state index in [4.69, 9.17) is 4.74 Å². The lowest BCUT2D eigenvalue weighted by Gasteiger charge is -2.29. The maximum Gasteiger partial charge on any atom is 0.0835 e. The molecule has 0 amide bonds. The van der Waals surface area contributed by atoms with Gasteiger partial charge in [0, 0.05) is 16.8 Å². The quantitative estimate of drug-likeness (QED) is 0.598. The van der Waals surface area contributed by atoms with E-state index in [0.717, 1.165) is 19.4 Å². The lowest BCUT2D eigenvalue weighted by molar-refractivity contribution is 0.0179. The molecule has 0 radical (unpaired) electrons. The summed E-state index contributed by atoms with van der Waals surface area (Å²) < 4.78 is 6.07. The monoisotopic (exact) mass is 320 g/mol. The van der Waals surface area contributed by atoms with Crippen molar-refractivity contribution in [3.8, 4) is 0 Å². The van der Waals surface area contributed by atoms with Gasteiger partial charge in [-0.05, 0) is 47.4 Å². The predicted molar refractivity (Wildman–Crippen MR) is 98.0 cm³/mol. The average Bonchev–Trinajstić information content (AvgIpc) is 2.62. The van der Waals surface area contributed by atoms with Crippen LogP contribution >= 0.6 is 11.8 Å². The van der Waals surface area contributed by atoms with Crippen LogP contribution in [0.5, 0.6) is 0 Å². The van der Waals surface area contributed by atoms with Crippen LogP contribution in [0.3, 0.4) is 0 Å². The molecule has 0 bridgehead atoms. The highest BCUT2D eigenvalue weighted by Crippen LogP contribution is 2.37. The molecule has 1 saturated heterocycles. The summed E-state index contributed by atoms with van der Waals surface area (Å²) in [7, 11) is 0. The lowest BCUT2D eigenvalue weighted by atomic mass is 9.98. The van der Waals surface area contributed by atoms with Crippen LogP contribution < -0.4 is 0 Å². The minimum absolute atomic E-state index is 0.217. The molecule has 0 unspecified atom stereocenters. The molecule has 23 heavy (non-hydrogen) atoms. The van der Waals surface area contributed by atoms with Crippen molar-refractivity contribution in [2.75, 3.05) is 6.61 Å². The van der Waals surface area contributed by atoms with E-state index in [0.29, 0.717) is 5.25 Å². The molecule has 1 nitrogen and oxygen atoms in total. The Labute approximate surface area is 141 Å². The van der Waals surface area contributed by atoms with E-state index in [1.165, 1.54) is 21.2 Å². The molecule has 3 aromatic rings. The standard InChI is InChI=1S/C21H20OS/c1-2-8-19(9-3-1)23-20-12-13-22-21(15-20)18-11-10-16-6-4-5-7-17(16)14-18/h1-11,14,20-21H,12-13,15H2/t20-,21+/m0/s1. The van der Waals surface area contributed by atoms with Crippen molar-refractivity contribution in [3.05, 3.63) is 78.4 Å². The van der Waals surface area contributed by atoms with Crippen LogP contribution in [0, 0.1) is 0 Å². The van der Waals surface area contributed by atoms with Gasteiger partial charge in [-0.3, -0.25) is 0 Å². The second kappa shape index (κ2) is 6.77. The van der Waals surface area contributed by atoms with Gasteiger partial charge in [0.05, 0.1) is 6.10 Å². The minimum Gasteiger partial charge on any atom is -0.373 e. The zero-order chi connectivity index (χ0) is 15.5. The smallest absolute Gasteiger partial charge is 0.0835 e. The van der Waals surface area contributed by atoms with Crippen molar-refractivity contribution in [2.24, 2.45) is 0 Å². The van der Waals surface area contributed by atoms with Gasteiger partial charge in [0.1, 0.15) is 0 Å². The van der Waals surface area contributed by atoms with Crippen LogP contribution in [0.1, 0.15) is 24.5 Å². The summed E-state index contributed by atoms with van der Waals surface area (Å²) in [6, 6.07) is 26.0. The third-order valence-corrected chi connectivity index (χ3v) is 5.73. The van der Waals surface area contributed by atoms with E-state index in [1.54, 1.807) is 0 Å². The summed E-state index contributed by atoms with van der Waals surface area (Å²) in [5.74, 6) is 0. The van der Waals surface area contributed by atoms with E-state index < -0.39 is 0 Å². The van der Waals surface area contributed by atoms with Crippen molar-refractivity contribution < 1.29 is 4.74 Å². The fraction of sp³-hybridized carbons (Fsp3) is 0.238. The summed E-state index contributed by atoms with van der Waals surface area (Å²) >= 11 is 1.99. The van der Waals surface area contributed by atoms with Crippen LogP contribution in [0.4, 0.5) is 0 Å². The number of rotatable bonds is 3. The van der Waals surface area contributed by atoms with Gasteiger partial charge < -0.3 is 4.74 Å². The van der Waals surface area contributed by atoms with Crippen LogP contribution in [-0.2, 0) is 4.74 Å². The van der Waals surface area contributed by atoms with Gasteiger partial charge in [-0.2, -0.15) is 0 Å². The van der Waals surface area contributed by atoms with E-state index >= 15 is 0 Å². The number of hydrogen-bond acceptors (Lipinski definition) is 2. The lowest BCUT2D eigenvalue weighted by Crippen LogP contribution is -2.21. The van der Waals surface area contributed by atoms with Crippen molar-refractivity contribution in [1.82, 2.24) is 0 Å². The van der Waals surface area contributed by atoms with Gasteiger partial charge in [-0.1, -0.05) is 54.6 Å². The fourth-order valence-corrected chi connectivity index (χ4v) is 4.39. The highest BCUT2D eigenvalue weighted by atomic mass is 32.2. The normalized spacial score (nSPS) is 21.4. The summed E-state index contributed by atoms with van der Waals surface area (Å²) in [6.07, 6.45) is 2.43. The molecule has 0 saturated carbocycles. The molecule has 1 heterocycles. The first-order valence-corrected chi connectivity index (χ1v) is 9.08. The Morgan fingerprint density at radius 3 is 2.48 bits per heavy atom. The molecule has 1 fully saturated rings.